The molecule has 0 aliphatic carbocycles. The lowest BCUT2D eigenvalue weighted by atomic mass is 10.1. The van der Waals surface area contributed by atoms with Gasteiger partial charge in [0.25, 0.3) is 5.91 Å². The molecular formula is C23H22N2O4. The molecule has 6 heteroatoms. The predicted octanol–water partition coefficient (Wildman–Crippen LogP) is 3.79. The Kier molecular flexibility index (Phi) is 6.84. The number of methoxy groups -OCH3 is 1. The summed E-state index contributed by atoms with van der Waals surface area (Å²) in [7, 11) is 1.58. The summed E-state index contributed by atoms with van der Waals surface area (Å²) in [4.78, 5) is 12.1. The Bertz CT molecular complexity index is 970. The van der Waals surface area contributed by atoms with E-state index in [-0.39, 0.29) is 11.7 Å². The number of carbonyl (C=O) groups is 1. The van der Waals surface area contributed by atoms with E-state index in [2.05, 4.69) is 10.5 Å². The standard InChI is InChI=1S/C23H22N2O4/c1-28-21-9-5-8-19(22(21)29-15-14-17-6-3-2-4-7-17)16-24-25-23(27)18-10-12-20(26)13-11-18/h2-13,16,26H,14-15H2,1H3,(H,25,27)/b24-16+. The number of hydrogen-bond acceptors (Lipinski definition) is 5. The van der Waals surface area contributed by atoms with Crippen LogP contribution in [-0.4, -0.2) is 30.9 Å². The van der Waals surface area contributed by atoms with Gasteiger partial charge < -0.3 is 14.6 Å². The molecule has 3 aromatic rings. The third kappa shape index (κ3) is 5.59. The van der Waals surface area contributed by atoms with Crippen molar-refractivity contribution in [1.82, 2.24) is 5.43 Å². The molecule has 0 bridgehead atoms. The molecule has 1 amide bonds. The van der Waals surface area contributed by atoms with E-state index in [1.165, 1.54) is 36.0 Å². The second kappa shape index (κ2) is 9.94. The molecule has 3 aromatic carbocycles. The molecule has 148 valence electrons. The first kappa shape index (κ1) is 19.9. The van der Waals surface area contributed by atoms with E-state index < -0.39 is 0 Å². The summed E-state index contributed by atoms with van der Waals surface area (Å²) < 4.78 is 11.4. The fourth-order valence-electron chi connectivity index (χ4n) is 2.70. The van der Waals surface area contributed by atoms with Crippen LogP contribution < -0.4 is 14.9 Å². The van der Waals surface area contributed by atoms with E-state index in [0.717, 1.165) is 6.42 Å². The van der Waals surface area contributed by atoms with Gasteiger partial charge in [0.2, 0.25) is 0 Å². The number of phenolic OH excluding ortho intramolecular Hbond substituents is 1. The zero-order chi connectivity index (χ0) is 20.5. The first-order valence-electron chi connectivity index (χ1n) is 9.13. The summed E-state index contributed by atoms with van der Waals surface area (Å²) in [6, 6.07) is 21.4. The van der Waals surface area contributed by atoms with Gasteiger partial charge in [-0.3, -0.25) is 4.79 Å². The van der Waals surface area contributed by atoms with Crippen LogP contribution in [0.5, 0.6) is 17.2 Å². The number of nitrogens with one attached hydrogen (secondary N) is 1. The monoisotopic (exact) mass is 390 g/mol. The third-order valence-electron chi connectivity index (χ3n) is 4.21. The first-order chi connectivity index (χ1) is 14.2. The smallest absolute Gasteiger partial charge is 0.271 e. The van der Waals surface area contributed by atoms with E-state index in [4.69, 9.17) is 9.47 Å². The van der Waals surface area contributed by atoms with Gasteiger partial charge in [-0.15, -0.1) is 0 Å². The Labute approximate surface area is 169 Å². The Morgan fingerprint density at radius 2 is 1.79 bits per heavy atom. The van der Waals surface area contributed by atoms with Gasteiger partial charge in [0.15, 0.2) is 11.5 Å². The number of hydrazone groups is 1. The minimum absolute atomic E-state index is 0.0960. The highest BCUT2D eigenvalue weighted by Gasteiger charge is 2.10. The highest BCUT2D eigenvalue weighted by molar-refractivity contribution is 5.95. The molecule has 0 aliphatic heterocycles. The summed E-state index contributed by atoms with van der Waals surface area (Å²) in [5, 5.41) is 13.3. The van der Waals surface area contributed by atoms with Crippen molar-refractivity contribution in [1.29, 1.82) is 0 Å². The van der Waals surface area contributed by atoms with E-state index in [0.29, 0.717) is 29.2 Å². The highest BCUT2D eigenvalue weighted by atomic mass is 16.5. The lowest BCUT2D eigenvalue weighted by Gasteiger charge is -2.13. The average Bonchev–Trinajstić information content (AvgIpc) is 2.75. The zero-order valence-electron chi connectivity index (χ0n) is 16.0. The van der Waals surface area contributed by atoms with Crippen LogP contribution in [0.15, 0.2) is 77.9 Å². The average molecular weight is 390 g/mol. The van der Waals surface area contributed by atoms with Gasteiger partial charge in [-0.2, -0.15) is 5.10 Å². The highest BCUT2D eigenvalue weighted by Crippen LogP contribution is 2.30. The van der Waals surface area contributed by atoms with E-state index in [9.17, 15) is 9.90 Å². The molecule has 6 nitrogen and oxygen atoms in total. The largest absolute Gasteiger partial charge is 0.508 e. The van der Waals surface area contributed by atoms with E-state index in [1.54, 1.807) is 7.11 Å². The van der Waals surface area contributed by atoms with Crippen LogP contribution in [0, 0.1) is 0 Å². The molecule has 29 heavy (non-hydrogen) atoms. The van der Waals surface area contributed by atoms with Crippen molar-refractivity contribution in [3.8, 4) is 17.2 Å². The summed E-state index contributed by atoms with van der Waals surface area (Å²) in [6.45, 7) is 0.477. The molecule has 0 aliphatic rings. The summed E-state index contributed by atoms with van der Waals surface area (Å²) in [6.07, 6.45) is 2.27. The van der Waals surface area contributed by atoms with Crippen LogP contribution >= 0.6 is 0 Å². The Balaban J connectivity index is 1.67. The molecule has 0 spiro atoms. The number of para-hydroxylation sites is 1. The normalized spacial score (nSPS) is 10.7. The SMILES string of the molecule is COc1cccc(/C=N/NC(=O)c2ccc(O)cc2)c1OCCc1ccccc1. The van der Waals surface area contributed by atoms with Crippen molar-refractivity contribution in [3.05, 3.63) is 89.5 Å². The van der Waals surface area contributed by atoms with Crippen molar-refractivity contribution in [3.63, 3.8) is 0 Å². The number of benzene rings is 3. The minimum Gasteiger partial charge on any atom is -0.508 e. The lowest BCUT2D eigenvalue weighted by Crippen LogP contribution is -2.17. The number of rotatable bonds is 8. The summed E-state index contributed by atoms with van der Waals surface area (Å²) >= 11 is 0. The van der Waals surface area contributed by atoms with Crippen molar-refractivity contribution in [2.24, 2.45) is 5.10 Å². The van der Waals surface area contributed by atoms with Gasteiger partial charge in [-0.25, -0.2) is 5.43 Å². The zero-order valence-corrected chi connectivity index (χ0v) is 16.0. The van der Waals surface area contributed by atoms with Gasteiger partial charge in [0.1, 0.15) is 5.75 Å². The quantitative estimate of drug-likeness (QED) is 0.453. The number of amides is 1. The fraction of sp³-hybridized carbons (Fsp3) is 0.130. The van der Waals surface area contributed by atoms with E-state index in [1.807, 2.05) is 48.5 Å². The first-order valence-corrected chi connectivity index (χ1v) is 9.13. The van der Waals surface area contributed by atoms with Crippen LogP contribution in [0.4, 0.5) is 0 Å². The van der Waals surface area contributed by atoms with Gasteiger partial charge in [0.05, 0.1) is 19.9 Å². The fourth-order valence-corrected chi connectivity index (χ4v) is 2.70. The lowest BCUT2D eigenvalue weighted by molar-refractivity contribution is 0.0955. The summed E-state index contributed by atoms with van der Waals surface area (Å²) in [5.74, 6) is 0.870. The molecular weight excluding hydrogens is 368 g/mol. The number of aromatic hydroxyl groups is 1. The number of hydrogen-bond donors (Lipinski definition) is 2. The number of carbonyl (C=O) groups excluding carboxylic acids is 1. The Morgan fingerprint density at radius 3 is 2.52 bits per heavy atom. The van der Waals surface area contributed by atoms with Crippen LogP contribution in [-0.2, 0) is 6.42 Å². The molecule has 0 radical (unpaired) electrons. The van der Waals surface area contributed by atoms with Crippen molar-refractivity contribution in [2.75, 3.05) is 13.7 Å². The van der Waals surface area contributed by atoms with Gasteiger partial charge in [-0.05, 0) is 42.0 Å². The van der Waals surface area contributed by atoms with Crippen molar-refractivity contribution < 1.29 is 19.4 Å². The molecule has 0 unspecified atom stereocenters. The van der Waals surface area contributed by atoms with Crippen LogP contribution in [0.25, 0.3) is 0 Å². The number of phenols is 1. The molecule has 0 saturated heterocycles. The van der Waals surface area contributed by atoms with Gasteiger partial charge in [-0.1, -0.05) is 36.4 Å². The van der Waals surface area contributed by atoms with Crippen LogP contribution in [0.3, 0.4) is 0 Å². The van der Waals surface area contributed by atoms with Gasteiger partial charge >= 0.3 is 0 Å². The topological polar surface area (TPSA) is 80.2 Å². The molecule has 2 N–H and O–H groups in total. The molecule has 0 saturated carbocycles. The molecule has 3 rings (SSSR count). The molecule has 0 aromatic heterocycles. The van der Waals surface area contributed by atoms with E-state index >= 15 is 0 Å². The van der Waals surface area contributed by atoms with Crippen molar-refractivity contribution >= 4 is 12.1 Å². The third-order valence-corrected chi connectivity index (χ3v) is 4.21. The second-order valence-corrected chi connectivity index (χ2v) is 6.21. The maximum atomic E-state index is 12.1. The molecule has 0 atom stereocenters. The molecule has 0 fully saturated rings. The number of ether oxygens (including phenoxy) is 2. The predicted molar refractivity (Wildman–Crippen MR) is 112 cm³/mol. The Hall–Kier alpha value is -3.80. The summed E-state index contributed by atoms with van der Waals surface area (Å²) in [5.41, 5.74) is 4.72. The maximum absolute atomic E-state index is 12.1. The van der Waals surface area contributed by atoms with Crippen LogP contribution in [0.2, 0.25) is 0 Å². The van der Waals surface area contributed by atoms with Crippen molar-refractivity contribution in [2.45, 2.75) is 6.42 Å². The minimum atomic E-state index is -0.379. The Morgan fingerprint density at radius 1 is 1.03 bits per heavy atom. The van der Waals surface area contributed by atoms with Gasteiger partial charge in [0, 0.05) is 17.5 Å². The molecule has 0 heterocycles. The number of nitrogens with zero attached hydrogens (tertiary/aromatic N) is 1. The van der Waals surface area contributed by atoms with Crippen LogP contribution in [0.1, 0.15) is 21.5 Å². The maximum Gasteiger partial charge on any atom is 0.271 e. The second-order valence-electron chi connectivity index (χ2n) is 6.21.